The van der Waals surface area contributed by atoms with Gasteiger partial charge >= 0.3 is 0 Å². The van der Waals surface area contributed by atoms with Gasteiger partial charge in [-0.3, -0.25) is 0 Å². The van der Waals surface area contributed by atoms with E-state index in [0.29, 0.717) is 29.1 Å². The third-order valence-electron chi connectivity index (χ3n) is 2.80. The Morgan fingerprint density at radius 1 is 1.20 bits per heavy atom. The van der Waals surface area contributed by atoms with Crippen LogP contribution >= 0.6 is 24.0 Å². The Bertz CT molecular complexity index is 593. The van der Waals surface area contributed by atoms with E-state index in [2.05, 4.69) is 10.3 Å². The van der Waals surface area contributed by atoms with E-state index in [1.54, 1.807) is 12.1 Å². The molecule has 0 bridgehead atoms. The lowest BCUT2D eigenvalue weighted by Crippen LogP contribution is -2.16. The monoisotopic (exact) mass is 312 g/mol. The summed E-state index contributed by atoms with van der Waals surface area (Å²) in [7, 11) is 0. The van der Waals surface area contributed by atoms with E-state index in [1.807, 2.05) is 24.3 Å². The summed E-state index contributed by atoms with van der Waals surface area (Å²) >= 11 is 6.05. The number of pyridine rings is 1. The number of hydrogen-bond acceptors (Lipinski definition) is 4. The fraction of sp³-hybridized carbons (Fsp3) is 0.214. The van der Waals surface area contributed by atoms with Crippen molar-refractivity contribution in [2.75, 3.05) is 13.2 Å². The lowest BCUT2D eigenvalue weighted by atomic mass is 10.2. The molecular weight excluding hydrogens is 299 g/mol. The highest BCUT2D eigenvalue weighted by atomic mass is 35.5. The third kappa shape index (κ3) is 3.33. The molecule has 1 aromatic heterocycles. The molecule has 2 heterocycles. The quantitative estimate of drug-likeness (QED) is 0.922. The number of para-hydroxylation sites is 1. The Morgan fingerprint density at radius 2 is 2.05 bits per heavy atom. The van der Waals surface area contributed by atoms with E-state index in [1.165, 1.54) is 0 Å². The van der Waals surface area contributed by atoms with Gasteiger partial charge < -0.3 is 14.8 Å². The number of rotatable bonds is 2. The predicted molar refractivity (Wildman–Crippen MR) is 80.2 cm³/mol. The molecule has 0 atom stereocenters. The first kappa shape index (κ1) is 14.9. The molecule has 3 rings (SSSR count). The van der Waals surface area contributed by atoms with E-state index >= 15 is 0 Å². The molecule has 0 spiro atoms. The summed E-state index contributed by atoms with van der Waals surface area (Å²) in [6.07, 6.45) is 0. The number of fused-ring (bicyclic) bond motifs is 1. The van der Waals surface area contributed by atoms with Crippen molar-refractivity contribution in [3.05, 3.63) is 47.0 Å². The highest BCUT2D eigenvalue weighted by Crippen LogP contribution is 2.29. The van der Waals surface area contributed by atoms with Gasteiger partial charge in [0.25, 0.3) is 0 Å². The zero-order valence-corrected chi connectivity index (χ0v) is 12.2. The summed E-state index contributed by atoms with van der Waals surface area (Å²) in [5.41, 5.74) is 1.03. The van der Waals surface area contributed by atoms with Gasteiger partial charge in [-0.2, -0.15) is 4.98 Å². The average Bonchev–Trinajstić information content (AvgIpc) is 2.66. The maximum Gasteiger partial charge on any atom is 0.222 e. The van der Waals surface area contributed by atoms with Gasteiger partial charge in [-0.05, 0) is 18.2 Å². The second-order valence-corrected chi connectivity index (χ2v) is 4.58. The van der Waals surface area contributed by atoms with Crippen molar-refractivity contribution >= 4 is 24.0 Å². The first-order valence-corrected chi connectivity index (χ1v) is 6.46. The third-order valence-corrected chi connectivity index (χ3v) is 3.11. The zero-order chi connectivity index (χ0) is 13.1. The molecule has 20 heavy (non-hydrogen) atoms. The van der Waals surface area contributed by atoms with Crippen LogP contribution < -0.4 is 14.8 Å². The Balaban J connectivity index is 0.00000147. The highest BCUT2D eigenvalue weighted by molar-refractivity contribution is 6.32. The van der Waals surface area contributed by atoms with Crippen LogP contribution in [0.5, 0.6) is 17.5 Å². The molecule has 1 aliphatic rings. The SMILES string of the molecule is Cl.Clc1ccccc1Oc1ccc2c(n1)OCCNC2. The first-order valence-electron chi connectivity index (χ1n) is 6.09. The van der Waals surface area contributed by atoms with Crippen LogP contribution in [0.25, 0.3) is 0 Å². The van der Waals surface area contributed by atoms with Crippen LogP contribution in [-0.2, 0) is 6.54 Å². The summed E-state index contributed by atoms with van der Waals surface area (Å²) in [5.74, 6) is 1.69. The van der Waals surface area contributed by atoms with Gasteiger partial charge in [0.1, 0.15) is 12.4 Å². The number of nitrogens with zero attached hydrogens (tertiary/aromatic N) is 1. The van der Waals surface area contributed by atoms with Crippen molar-refractivity contribution in [2.24, 2.45) is 0 Å². The number of aromatic nitrogens is 1. The van der Waals surface area contributed by atoms with E-state index in [-0.39, 0.29) is 12.4 Å². The molecule has 6 heteroatoms. The lowest BCUT2D eigenvalue weighted by Gasteiger charge is -2.09. The molecule has 0 fully saturated rings. The van der Waals surface area contributed by atoms with E-state index in [9.17, 15) is 0 Å². The van der Waals surface area contributed by atoms with Crippen molar-refractivity contribution in [1.82, 2.24) is 10.3 Å². The normalized spacial score (nSPS) is 13.4. The molecule has 0 radical (unpaired) electrons. The Kier molecular flexibility index (Phi) is 5.06. The summed E-state index contributed by atoms with van der Waals surface area (Å²) < 4.78 is 11.2. The van der Waals surface area contributed by atoms with Crippen LogP contribution in [0.15, 0.2) is 36.4 Å². The molecule has 1 aromatic carbocycles. The van der Waals surface area contributed by atoms with E-state index < -0.39 is 0 Å². The largest absolute Gasteiger partial charge is 0.476 e. The Morgan fingerprint density at radius 3 is 2.90 bits per heavy atom. The molecule has 106 valence electrons. The Hall–Kier alpha value is -1.49. The predicted octanol–water partition coefficient (Wildman–Crippen LogP) is 3.43. The van der Waals surface area contributed by atoms with E-state index in [0.717, 1.165) is 18.7 Å². The standard InChI is InChI=1S/C14H13ClN2O2.ClH/c15-11-3-1-2-4-12(11)19-13-6-5-10-9-16-7-8-18-14(10)17-13;/h1-6,16H,7-9H2;1H. The van der Waals surface area contributed by atoms with Gasteiger partial charge in [0.15, 0.2) is 0 Å². The second kappa shape index (κ2) is 6.79. The second-order valence-electron chi connectivity index (χ2n) is 4.17. The fourth-order valence-electron chi connectivity index (χ4n) is 1.85. The minimum absolute atomic E-state index is 0. The molecular formula is C14H14Cl2N2O2. The average molecular weight is 313 g/mol. The van der Waals surface area contributed by atoms with Gasteiger partial charge in [-0.25, -0.2) is 0 Å². The van der Waals surface area contributed by atoms with Gasteiger partial charge in [0.05, 0.1) is 5.02 Å². The van der Waals surface area contributed by atoms with Gasteiger partial charge in [0, 0.05) is 24.7 Å². The van der Waals surface area contributed by atoms with Crippen molar-refractivity contribution in [3.63, 3.8) is 0 Å². The molecule has 0 aliphatic carbocycles. The minimum Gasteiger partial charge on any atom is -0.476 e. The molecule has 2 aromatic rings. The first-order chi connectivity index (χ1) is 9.33. The summed E-state index contributed by atoms with van der Waals surface area (Å²) in [4.78, 5) is 4.37. The van der Waals surface area contributed by atoms with Crippen molar-refractivity contribution in [1.29, 1.82) is 0 Å². The topological polar surface area (TPSA) is 43.4 Å². The van der Waals surface area contributed by atoms with Crippen LogP contribution in [0.4, 0.5) is 0 Å². The summed E-state index contributed by atoms with van der Waals surface area (Å²) in [6.45, 7) is 2.18. The number of nitrogens with one attached hydrogen (secondary N) is 1. The van der Waals surface area contributed by atoms with E-state index in [4.69, 9.17) is 21.1 Å². The molecule has 0 amide bonds. The molecule has 0 unspecified atom stereocenters. The zero-order valence-electron chi connectivity index (χ0n) is 10.6. The summed E-state index contributed by atoms with van der Waals surface area (Å²) in [5, 5.41) is 3.81. The number of halogens is 2. The number of hydrogen-bond donors (Lipinski definition) is 1. The van der Waals surface area contributed by atoms with Gasteiger partial charge in [-0.15, -0.1) is 12.4 Å². The van der Waals surface area contributed by atoms with Crippen LogP contribution in [0, 0.1) is 0 Å². The number of ether oxygens (including phenoxy) is 2. The van der Waals surface area contributed by atoms with Crippen LogP contribution in [0.1, 0.15) is 5.56 Å². The van der Waals surface area contributed by atoms with Crippen LogP contribution in [-0.4, -0.2) is 18.1 Å². The maximum absolute atomic E-state index is 6.05. The molecule has 0 saturated heterocycles. The molecule has 1 N–H and O–H groups in total. The fourth-order valence-corrected chi connectivity index (χ4v) is 2.03. The van der Waals surface area contributed by atoms with Gasteiger partial charge in [-0.1, -0.05) is 23.7 Å². The molecule has 4 nitrogen and oxygen atoms in total. The van der Waals surface area contributed by atoms with Crippen molar-refractivity contribution < 1.29 is 9.47 Å². The Labute approximate surface area is 128 Å². The van der Waals surface area contributed by atoms with Gasteiger partial charge in [0.2, 0.25) is 11.8 Å². The lowest BCUT2D eigenvalue weighted by molar-refractivity contribution is 0.309. The van der Waals surface area contributed by atoms with Crippen LogP contribution in [0.2, 0.25) is 5.02 Å². The van der Waals surface area contributed by atoms with Crippen molar-refractivity contribution in [3.8, 4) is 17.5 Å². The number of benzene rings is 1. The smallest absolute Gasteiger partial charge is 0.222 e. The maximum atomic E-state index is 6.05. The van der Waals surface area contributed by atoms with Crippen molar-refractivity contribution in [2.45, 2.75) is 6.54 Å². The highest BCUT2D eigenvalue weighted by Gasteiger charge is 2.12. The van der Waals surface area contributed by atoms with Crippen LogP contribution in [0.3, 0.4) is 0 Å². The molecule has 0 saturated carbocycles. The minimum atomic E-state index is 0. The molecule has 1 aliphatic heterocycles. The summed E-state index contributed by atoms with van der Waals surface area (Å²) in [6, 6.07) is 11.1.